The lowest BCUT2D eigenvalue weighted by Crippen LogP contribution is -2.61. The fourth-order valence-corrected chi connectivity index (χ4v) is 2.76. The van der Waals surface area contributed by atoms with Gasteiger partial charge in [0.2, 0.25) is 0 Å². The predicted octanol–water partition coefficient (Wildman–Crippen LogP) is 3.06. The molecule has 1 N–H and O–H groups in total. The summed E-state index contributed by atoms with van der Waals surface area (Å²) in [6.45, 7) is 5.48. The second-order valence-electron chi connectivity index (χ2n) is 5.38. The van der Waals surface area contributed by atoms with E-state index < -0.39 is 11.7 Å². The van der Waals surface area contributed by atoms with Crippen LogP contribution in [0.1, 0.15) is 5.56 Å². The molecule has 3 nitrogen and oxygen atoms in total. The second-order valence-corrected chi connectivity index (χ2v) is 5.38. The van der Waals surface area contributed by atoms with Gasteiger partial charge in [-0.2, -0.15) is 13.2 Å². The zero-order valence-corrected chi connectivity index (χ0v) is 14.8. The molecular weight excluding hydrogens is 374 g/mol. The van der Waals surface area contributed by atoms with Crippen LogP contribution in [0.3, 0.4) is 0 Å². The number of rotatable bonds is 2. The standard InChI is InChI=1S/C14H18F3N3.3ClH/c15-14(16,17)11-2-1-3-12(8-11)19-4-6-20(7-5-19)13-9-18-10-13;;;/h1-3,8,13,18H,4-7,9-10H2;3*1H. The Hall–Kier alpha value is -0.400. The summed E-state index contributed by atoms with van der Waals surface area (Å²) in [6, 6.07) is 6.23. The van der Waals surface area contributed by atoms with E-state index in [2.05, 4.69) is 10.2 Å². The first-order chi connectivity index (χ1) is 9.54. The molecule has 23 heavy (non-hydrogen) atoms. The van der Waals surface area contributed by atoms with E-state index in [1.807, 2.05) is 4.90 Å². The third-order valence-corrected chi connectivity index (χ3v) is 4.13. The Balaban J connectivity index is 0.00000161. The molecule has 0 saturated carbocycles. The SMILES string of the molecule is Cl.Cl.Cl.FC(F)(F)c1cccc(N2CCN(C3CNC3)CC2)c1. The lowest BCUT2D eigenvalue weighted by Gasteiger charge is -2.44. The first-order valence-corrected chi connectivity index (χ1v) is 6.91. The predicted molar refractivity (Wildman–Crippen MR) is 93.6 cm³/mol. The van der Waals surface area contributed by atoms with Crippen LogP contribution in [-0.2, 0) is 6.18 Å². The van der Waals surface area contributed by atoms with Gasteiger partial charge in [0.15, 0.2) is 0 Å². The van der Waals surface area contributed by atoms with Gasteiger partial charge in [0.05, 0.1) is 5.56 Å². The molecule has 2 saturated heterocycles. The molecule has 0 amide bonds. The summed E-state index contributed by atoms with van der Waals surface area (Å²) in [5.74, 6) is 0. The van der Waals surface area contributed by atoms with E-state index in [1.165, 1.54) is 12.1 Å². The van der Waals surface area contributed by atoms with Crippen LogP contribution in [0.15, 0.2) is 24.3 Å². The minimum absolute atomic E-state index is 0. The first-order valence-electron chi connectivity index (χ1n) is 6.91. The van der Waals surface area contributed by atoms with Gasteiger partial charge in [-0.3, -0.25) is 4.90 Å². The molecule has 0 unspecified atom stereocenters. The van der Waals surface area contributed by atoms with Crippen LogP contribution in [0.25, 0.3) is 0 Å². The second kappa shape index (κ2) is 9.18. The normalized spacial score (nSPS) is 19.0. The third kappa shape index (κ3) is 5.29. The number of anilines is 1. The number of halogens is 6. The fourth-order valence-electron chi connectivity index (χ4n) is 2.76. The summed E-state index contributed by atoms with van der Waals surface area (Å²) in [5, 5.41) is 3.25. The van der Waals surface area contributed by atoms with Gasteiger partial charge in [-0.15, -0.1) is 37.2 Å². The molecule has 1 aromatic rings. The maximum Gasteiger partial charge on any atom is 0.416 e. The highest BCUT2D eigenvalue weighted by Crippen LogP contribution is 2.31. The van der Waals surface area contributed by atoms with Gasteiger partial charge in [0.1, 0.15) is 0 Å². The zero-order chi connectivity index (χ0) is 14.2. The molecule has 1 aromatic carbocycles. The van der Waals surface area contributed by atoms with Crippen LogP contribution in [0.5, 0.6) is 0 Å². The monoisotopic (exact) mass is 393 g/mol. The number of nitrogens with one attached hydrogen (secondary N) is 1. The molecule has 9 heteroatoms. The number of piperazine rings is 1. The molecular formula is C14H21Cl3F3N3. The molecule has 2 heterocycles. The van der Waals surface area contributed by atoms with Crippen LogP contribution < -0.4 is 10.2 Å². The Morgan fingerprint density at radius 3 is 2.04 bits per heavy atom. The lowest BCUT2D eigenvalue weighted by atomic mass is 10.1. The van der Waals surface area contributed by atoms with Crippen molar-refractivity contribution in [1.82, 2.24) is 10.2 Å². The minimum Gasteiger partial charge on any atom is -0.369 e. The van der Waals surface area contributed by atoms with Crippen molar-refractivity contribution in [2.45, 2.75) is 12.2 Å². The Morgan fingerprint density at radius 2 is 1.57 bits per heavy atom. The van der Waals surface area contributed by atoms with Crippen molar-refractivity contribution in [3.05, 3.63) is 29.8 Å². The number of nitrogens with zero attached hydrogens (tertiary/aromatic N) is 2. The summed E-state index contributed by atoms with van der Waals surface area (Å²) in [5.41, 5.74) is 0.104. The van der Waals surface area contributed by atoms with Gasteiger partial charge in [0.25, 0.3) is 0 Å². The summed E-state index contributed by atoms with van der Waals surface area (Å²) in [6.07, 6.45) is -4.27. The molecule has 0 aliphatic carbocycles. The summed E-state index contributed by atoms with van der Waals surface area (Å²) in [4.78, 5) is 4.46. The smallest absolute Gasteiger partial charge is 0.369 e. The highest BCUT2D eigenvalue weighted by atomic mass is 35.5. The van der Waals surface area contributed by atoms with Crippen LogP contribution >= 0.6 is 37.2 Å². The summed E-state index contributed by atoms with van der Waals surface area (Å²) < 4.78 is 38.2. The van der Waals surface area contributed by atoms with Crippen molar-refractivity contribution >= 4 is 42.9 Å². The average Bonchev–Trinajstić information content (AvgIpc) is 2.37. The van der Waals surface area contributed by atoms with Crippen molar-refractivity contribution in [2.24, 2.45) is 0 Å². The van der Waals surface area contributed by atoms with E-state index in [4.69, 9.17) is 0 Å². The topological polar surface area (TPSA) is 18.5 Å². The summed E-state index contributed by atoms with van der Waals surface area (Å²) >= 11 is 0. The number of benzene rings is 1. The number of hydrogen-bond acceptors (Lipinski definition) is 3. The van der Waals surface area contributed by atoms with Crippen molar-refractivity contribution in [3.8, 4) is 0 Å². The van der Waals surface area contributed by atoms with Crippen LogP contribution in [0.4, 0.5) is 18.9 Å². The molecule has 0 atom stereocenters. The van der Waals surface area contributed by atoms with Gasteiger partial charge in [0, 0.05) is 51.0 Å². The zero-order valence-electron chi connectivity index (χ0n) is 12.4. The van der Waals surface area contributed by atoms with Crippen molar-refractivity contribution in [2.75, 3.05) is 44.2 Å². The van der Waals surface area contributed by atoms with Crippen molar-refractivity contribution < 1.29 is 13.2 Å². The largest absolute Gasteiger partial charge is 0.416 e. The summed E-state index contributed by atoms with van der Waals surface area (Å²) in [7, 11) is 0. The highest BCUT2D eigenvalue weighted by molar-refractivity contribution is 5.86. The van der Waals surface area contributed by atoms with Crippen LogP contribution in [0, 0.1) is 0 Å². The van der Waals surface area contributed by atoms with Gasteiger partial charge < -0.3 is 10.2 Å². The lowest BCUT2D eigenvalue weighted by molar-refractivity contribution is -0.137. The Kier molecular flexibility index (Phi) is 9.02. The highest BCUT2D eigenvalue weighted by Gasteiger charge is 2.32. The number of alkyl halides is 3. The van der Waals surface area contributed by atoms with Crippen molar-refractivity contribution in [1.29, 1.82) is 0 Å². The Morgan fingerprint density at radius 1 is 0.957 bits per heavy atom. The third-order valence-electron chi connectivity index (χ3n) is 4.13. The maximum atomic E-state index is 12.7. The first kappa shape index (κ1) is 22.6. The maximum absolute atomic E-state index is 12.7. The quantitative estimate of drug-likeness (QED) is 0.832. The van der Waals surface area contributed by atoms with Gasteiger partial charge >= 0.3 is 6.18 Å². The molecule has 0 spiro atoms. The fraction of sp³-hybridized carbons (Fsp3) is 0.571. The van der Waals surface area contributed by atoms with Gasteiger partial charge in [-0.25, -0.2) is 0 Å². The van der Waals surface area contributed by atoms with E-state index in [0.717, 1.165) is 45.3 Å². The van der Waals surface area contributed by atoms with E-state index >= 15 is 0 Å². The molecule has 0 aromatic heterocycles. The van der Waals surface area contributed by atoms with E-state index in [0.29, 0.717) is 11.7 Å². The van der Waals surface area contributed by atoms with Crippen molar-refractivity contribution in [3.63, 3.8) is 0 Å². The molecule has 134 valence electrons. The number of hydrogen-bond donors (Lipinski definition) is 1. The Bertz CT molecular complexity index is 476. The molecule has 2 fully saturated rings. The van der Waals surface area contributed by atoms with Crippen LogP contribution in [0.2, 0.25) is 0 Å². The minimum atomic E-state index is -4.27. The van der Waals surface area contributed by atoms with Gasteiger partial charge in [-0.05, 0) is 18.2 Å². The molecule has 2 aliphatic heterocycles. The van der Waals surface area contributed by atoms with Gasteiger partial charge in [-0.1, -0.05) is 6.07 Å². The van der Waals surface area contributed by atoms with Crippen LogP contribution in [-0.4, -0.2) is 50.2 Å². The molecule has 3 rings (SSSR count). The molecule has 0 bridgehead atoms. The van der Waals surface area contributed by atoms with E-state index in [-0.39, 0.29) is 37.2 Å². The molecule has 2 aliphatic rings. The van der Waals surface area contributed by atoms with E-state index in [1.54, 1.807) is 6.07 Å². The average molecular weight is 395 g/mol. The Labute approximate surface area is 152 Å². The molecule has 0 radical (unpaired) electrons. The van der Waals surface area contributed by atoms with E-state index in [9.17, 15) is 13.2 Å².